The number of β-amino-alcohol motifs (C(OH)–C–C–N with tert-alkyl or cyclic N) is 1. The van der Waals surface area contributed by atoms with E-state index in [0.29, 0.717) is 12.1 Å². The Morgan fingerprint density at radius 1 is 1.12 bits per heavy atom. The first-order valence-electron chi connectivity index (χ1n) is 7.82. The van der Waals surface area contributed by atoms with Gasteiger partial charge in [-0.3, -0.25) is 0 Å². The Morgan fingerprint density at radius 3 is 2.42 bits per heavy atom. The van der Waals surface area contributed by atoms with Crippen LogP contribution in [0.15, 0.2) is 48.5 Å². The summed E-state index contributed by atoms with van der Waals surface area (Å²) in [6.45, 7) is 4.55. The van der Waals surface area contributed by atoms with E-state index in [1.54, 1.807) is 36.4 Å². The summed E-state index contributed by atoms with van der Waals surface area (Å²) in [7, 11) is 0. The predicted molar refractivity (Wildman–Crippen MR) is 97.1 cm³/mol. The Bertz CT molecular complexity index is 632. The molecule has 2 rings (SSSR count). The SMILES string of the molecule is CC(C)(CCc1ccc(F)cc1)NCC(O)c1cccc(O)c1.Cl. The molecule has 0 saturated carbocycles. The fourth-order valence-electron chi connectivity index (χ4n) is 2.42. The van der Waals surface area contributed by atoms with Crippen LogP contribution in [0.25, 0.3) is 0 Å². The molecule has 0 aliphatic heterocycles. The first-order chi connectivity index (χ1) is 10.9. The number of benzene rings is 2. The monoisotopic (exact) mass is 353 g/mol. The molecule has 0 amide bonds. The van der Waals surface area contributed by atoms with Gasteiger partial charge < -0.3 is 15.5 Å². The smallest absolute Gasteiger partial charge is 0.123 e. The highest BCUT2D eigenvalue weighted by Gasteiger charge is 2.19. The molecule has 0 spiro atoms. The minimum Gasteiger partial charge on any atom is -0.508 e. The molecule has 0 aliphatic carbocycles. The van der Waals surface area contributed by atoms with Crippen molar-refractivity contribution in [3.05, 3.63) is 65.5 Å². The molecular formula is C19H25ClFNO2. The molecule has 132 valence electrons. The van der Waals surface area contributed by atoms with Crippen molar-refractivity contribution in [1.82, 2.24) is 5.32 Å². The summed E-state index contributed by atoms with van der Waals surface area (Å²) < 4.78 is 12.9. The number of aliphatic hydroxyl groups is 1. The number of phenolic OH excluding ortho intramolecular Hbond substituents is 1. The molecule has 0 radical (unpaired) electrons. The molecule has 0 heterocycles. The van der Waals surface area contributed by atoms with Crippen molar-refractivity contribution in [2.75, 3.05) is 6.54 Å². The van der Waals surface area contributed by atoms with Crippen molar-refractivity contribution in [1.29, 1.82) is 0 Å². The number of aryl methyl sites for hydroxylation is 1. The molecule has 1 unspecified atom stereocenters. The maximum atomic E-state index is 12.9. The third-order valence-electron chi connectivity index (χ3n) is 3.98. The van der Waals surface area contributed by atoms with Crippen LogP contribution in [0.2, 0.25) is 0 Å². The van der Waals surface area contributed by atoms with Crippen LogP contribution in [0.5, 0.6) is 5.75 Å². The maximum Gasteiger partial charge on any atom is 0.123 e. The molecule has 2 aromatic carbocycles. The Labute approximate surface area is 149 Å². The second-order valence-corrected chi connectivity index (χ2v) is 6.50. The summed E-state index contributed by atoms with van der Waals surface area (Å²) >= 11 is 0. The molecule has 0 aromatic heterocycles. The van der Waals surface area contributed by atoms with Crippen molar-refractivity contribution >= 4 is 12.4 Å². The lowest BCUT2D eigenvalue weighted by Gasteiger charge is -2.28. The quantitative estimate of drug-likeness (QED) is 0.705. The van der Waals surface area contributed by atoms with Crippen LogP contribution in [0.1, 0.15) is 37.5 Å². The molecule has 3 N–H and O–H groups in total. The van der Waals surface area contributed by atoms with Gasteiger partial charge in [0.15, 0.2) is 0 Å². The summed E-state index contributed by atoms with van der Waals surface area (Å²) in [6, 6.07) is 13.2. The topological polar surface area (TPSA) is 52.5 Å². The highest BCUT2D eigenvalue weighted by Crippen LogP contribution is 2.19. The third kappa shape index (κ3) is 6.48. The number of hydrogen-bond acceptors (Lipinski definition) is 3. The lowest BCUT2D eigenvalue weighted by atomic mass is 9.94. The second kappa shape index (κ2) is 9.02. The average molecular weight is 354 g/mol. The van der Waals surface area contributed by atoms with Gasteiger partial charge in [-0.05, 0) is 62.1 Å². The van der Waals surface area contributed by atoms with E-state index in [2.05, 4.69) is 19.2 Å². The third-order valence-corrected chi connectivity index (χ3v) is 3.98. The van der Waals surface area contributed by atoms with E-state index in [-0.39, 0.29) is 29.5 Å². The number of hydrogen-bond donors (Lipinski definition) is 3. The van der Waals surface area contributed by atoms with E-state index in [4.69, 9.17) is 0 Å². The van der Waals surface area contributed by atoms with Gasteiger partial charge in [0.1, 0.15) is 11.6 Å². The molecular weight excluding hydrogens is 329 g/mol. The number of aromatic hydroxyl groups is 1. The normalized spacial score (nSPS) is 12.5. The van der Waals surface area contributed by atoms with Crippen LogP contribution in [0.3, 0.4) is 0 Å². The van der Waals surface area contributed by atoms with E-state index in [1.165, 1.54) is 12.1 Å². The van der Waals surface area contributed by atoms with E-state index >= 15 is 0 Å². The Hall–Kier alpha value is -1.62. The Kier molecular flexibility index (Phi) is 7.67. The Balaban J connectivity index is 0.00000288. The average Bonchev–Trinajstić information content (AvgIpc) is 2.52. The number of rotatable bonds is 7. The first kappa shape index (κ1) is 20.4. The standard InChI is InChI=1S/C19H24FNO2.ClH/c1-19(2,11-10-14-6-8-16(20)9-7-14)21-13-18(23)15-4-3-5-17(22)12-15;/h3-9,12,18,21-23H,10-11,13H2,1-2H3;1H. The molecule has 0 aliphatic rings. The molecule has 24 heavy (non-hydrogen) atoms. The zero-order valence-electron chi connectivity index (χ0n) is 14.0. The van der Waals surface area contributed by atoms with Crippen LogP contribution in [-0.2, 0) is 6.42 Å². The zero-order chi connectivity index (χ0) is 16.9. The molecule has 0 saturated heterocycles. The summed E-state index contributed by atoms with van der Waals surface area (Å²) in [5.41, 5.74) is 1.62. The van der Waals surface area contributed by atoms with Gasteiger partial charge in [0.2, 0.25) is 0 Å². The zero-order valence-corrected chi connectivity index (χ0v) is 14.8. The fourth-order valence-corrected chi connectivity index (χ4v) is 2.42. The predicted octanol–water partition coefficient (Wildman–Crippen LogP) is 3.99. The highest BCUT2D eigenvalue weighted by atomic mass is 35.5. The summed E-state index contributed by atoms with van der Waals surface area (Å²) in [4.78, 5) is 0. The van der Waals surface area contributed by atoms with Crippen molar-refractivity contribution in [3.63, 3.8) is 0 Å². The fraction of sp³-hybridized carbons (Fsp3) is 0.368. The number of phenols is 1. The Morgan fingerprint density at radius 2 is 1.79 bits per heavy atom. The minimum atomic E-state index is -0.674. The van der Waals surface area contributed by atoms with Gasteiger partial charge in [-0.1, -0.05) is 24.3 Å². The summed E-state index contributed by atoms with van der Waals surface area (Å²) in [5.74, 6) is -0.0718. The van der Waals surface area contributed by atoms with Gasteiger partial charge in [0, 0.05) is 12.1 Å². The minimum absolute atomic E-state index is 0. The molecule has 0 bridgehead atoms. The number of nitrogens with one attached hydrogen (secondary N) is 1. The number of aliphatic hydroxyl groups excluding tert-OH is 1. The summed E-state index contributed by atoms with van der Waals surface area (Å²) in [6.07, 6.45) is 1.03. The van der Waals surface area contributed by atoms with Crippen LogP contribution in [0, 0.1) is 5.82 Å². The van der Waals surface area contributed by atoms with E-state index in [1.807, 2.05) is 0 Å². The largest absolute Gasteiger partial charge is 0.508 e. The van der Waals surface area contributed by atoms with E-state index in [9.17, 15) is 14.6 Å². The van der Waals surface area contributed by atoms with Crippen LogP contribution in [0.4, 0.5) is 4.39 Å². The van der Waals surface area contributed by atoms with Crippen molar-refractivity contribution < 1.29 is 14.6 Å². The molecule has 3 nitrogen and oxygen atoms in total. The van der Waals surface area contributed by atoms with Crippen molar-refractivity contribution in [2.24, 2.45) is 0 Å². The van der Waals surface area contributed by atoms with Gasteiger partial charge >= 0.3 is 0 Å². The molecule has 0 fully saturated rings. The summed E-state index contributed by atoms with van der Waals surface area (Å²) in [5, 5.41) is 23.0. The highest BCUT2D eigenvalue weighted by molar-refractivity contribution is 5.85. The van der Waals surface area contributed by atoms with E-state index < -0.39 is 6.10 Å². The van der Waals surface area contributed by atoms with Gasteiger partial charge in [-0.15, -0.1) is 12.4 Å². The van der Waals surface area contributed by atoms with Gasteiger partial charge in [0.05, 0.1) is 6.10 Å². The number of halogens is 2. The van der Waals surface area contributed by atoms with Gasteiger partial charge in [-0.25, -0.2) is 4.39 Å². The lowest BCUT2D eigenvalue weighted by Crippen LogP contribution is -2.41. The lowest BCUT2D eigenvalue weighted by molar-refractivity contribution is 0.159. The van der Waals surface area contributed by atoms with Crippen LogP contribution < -0.4 is 5.32 Å². The second-order valence-electron chi connectivity index (χ2n) is 6.50. The first-order valence-corrected chi connectivity index (χ1v) is 7.82. The molecule has 5 heteroatoms. The molecule has 1 atom stereocenters. The van der Waals surface area contributed by atoms with Gasteiger partial charge in [0.25, 0.3) is 0 Å². The van der Waals surface area contributed by atoms with Gasteiger partial charge in [-0.2, -0.15) is 0 Å². The van der Waals surface area contributed by atoms with Crippen LogP contribution >= 0.6 is 12.4 Å². The van der Waals surface area contributed by atoms with Crippen LogP contribution in [-0.4, -0.2) is 22.3 Å². The van der Waals surface area contributed by atoms with Crippen molar-refractivity contribution in [3.8, 4) is 5.75 Å². The van der Waals surface area contributed by atoms with E-state index in [0.717, 1.165) is 18.4 Å². The maximum absolute atomic E-state index is 12.9. The molecule has 2 aromatic rings. The van der Waals surface area contributed by atoms with Crippen molar-refractivity contribution in [2.45, 2.75) is 38.3 Å².